The lowest BCUT2D eigenvalue weighted by Gasteiger charge is -2.35. The number of ether oxygens (including phenoxy) is 6. The number of fused-ring (bicyclic) bond motifs is 3. The molecule has 7 nitrogen and oxygen atoms in total. The van der Waals surface area contributed by atoms with Gasteiger partial charge in [0.15, 0.2) is 24.0 Å². The van der Waals surface area contributed by atoms with E-state index >= 15 is 0 Å². The molecule has 5 atom stereocenters. The lowest BCUT2D eigenvalue weighted by atomic mass is 9.99. The average Bonchev–Trinajstić information content (AvgIpc) is 3.00. The van der Waals surface area contributed by atoms with Crippen LogP contribution in [-0.4, -0.2) is 54.9 Å². The van der Waals surface area contributed by atoms with Gasteiger partial charge in [-0.1, -0.05) is 27.7 Å². The van der Waals surface area contributed by atoms with Crippen LogP contribution in [0.3, 0.4) is 0 Å². The third-order valence-corrected chi connectivity index (χ3v) is 3.95. The molecule has 3 aliphatic rings. The van der Waals surface area contributed by atoms with Crippen molar-refractivity contribution in [2.24, 2.45) is 5.92 Å². The van der Waals surface area contributed by atoms with E-state index in [1.807, 2.05) is 27.7 Å². The first-order valence-corrected chi connectivity index (χ1v) is 9.11. The molecule has 0 amide bonds. The Labute approximate surface area is 150 Å². The van der Waals surface area contributed by atoms with Crippen LogP contribution in [0.1, 0.15) is 55.4 Å². The predicted molar refractivity (Wildman–Crippen MR) is 89.7 cm³/mol. The Morgan fingerprint density at radius 3 is 2.04 bits per heavy atom. The second kappa shape index (κ2) is 7.48. The average molecular weight is 360 g/mol. The predicted octanol–water partition coefficient (Wildman–Crippen LogP) is 2.61. The van der Waals surface area contributed by atoms with Gasteiger partial charge in [0.25, 0.3) is 0 Å². The van der Waals surface area contributed by atoms with Gasteiger partial charge in [0.05, 0.1) is 6.61 Å². The van der Waals surface area contributed by atoms with Crippen LogP contribution in [0.4, 0.5) is 0 Å². The highest BCUT2D eigenvalue weighted by Crippen LogP contribution is 2.44. The number of carbonyl (C=O) groups is 1. The minimum absolute atomic E-state index is 0.244. The van der Waals surface area contributed by atoms with Gasteiger partial charge in [-0.15, -0.1) is 0 Å². The second-order valence-corrected chi connectivity index (χ2v) is 7.61. The molecule has 3 aliphatic heterocycles. The minimum atomic E-state index is -0.890. The fourth-order valence-electron chi connectivity index (χ4n) is 3.13. The van der Waals surface area contributed by atoms with Crippen molar-refractivity contribution >= 4 is 5.97 Å². The van der Waals surface area contributed by atoms with Crippen LogP contribution in [0.5, 0.6) is 0 Å². The first kappa shape index (κ1) is 20.6. The fourth-order valence-corrected chi connectivity index (χ4v) is 3.13. The Morgan fingerprint density at radius 2 is 1.44 bits per heavy atom. The summed E-state index contributed by atoms with van der Waals surface area (Å²) in [5.41, 5.74) is 0. The van der Waals surface area contributed by atoms with Crippen LogP contribution in [0, 0.1) is 5.92 Å². The van der Waals surface area contributed by atoms with E-state index in [0.717, 1.165) is 0 Å². The largest absolute Gasteiger partial charge is 0.463 e. The van der Waals surface area contributed by atoms with Crippen molar-refractivity contribution in [1.82, 2.24) is 0 Å². The maximum Gasteiger partial charge on any atom is 0.338 e. The van der Waals surface area contributed by atoms with Gasteiger partial charge in [-0.3, -0.25) is 0 Å². The van der Waals surface area contributed by atoms with Crippen LogP contribution in [-0.2, 0) is 33.2 Å². The van der Waals surface area contributed by atoms with Gasteiger partial charge >= 0.3 is 5.97 Å². The molecule has 0 aliphatic carbocycles. The summed E-state index contributed by atoms with van der Waals surface area (Å²) < 4.78 is 34.6. The summed E-state index contributed by atoms with van der Waals surface area (Å²) >= 11 is 0. The van der Waals surface area contributed by atoms with Crippen molar-refractivity contribution in [2.45, 2.75) is 97.7 Å². The minimum Gasteiger partial charge on any atom is -0.463 e. The van der Waals surface area contributed by atoms with Crippen molar-refractivity contribution in [1.29, 1.82) is 0 Å². The Bertz CT molecular complexity index is 474. The summed E-state index contributed by atoms with van der Waals surface area (Å²) in [4.78, 5) is 12.4. The molecule has 0 spiro atoms. The number of rotatable bonds is 3. The van der Waals surface area contributed by atoms with Gasteiger partial charge in [-0.05, 0) is 33.6 Å². The summed E-state index contributed by atoms with van der Waals surface area (Å²) in [6.07, 6.45) is -3.03. The smallest absolute Gasteiger partial charge is 0.338 e. The highest BCUT2D eigenvalue weighted by molar-refractivity contribution is 5.76. The Morgan fingerprint density at radius 1 is 0.920 bits per heavy atom. The van der Waals surface area contributed by atoms with Crippen molar-refractivity contribution in [3.8, 4) is 0 Å². The first-order valence-electron chi connectivity index (χ1n) is 9.11. The van der Waals surface area contributed by atoms with Gasteiger partial charge in [-0.25, -0.2) is 4.79 Å². The molecule has 0 bridgehead atoms. The molecule has 3 fully saturated rings. The molecule has 3 heterocycles. The van der Waals surface area contributed by atoms with Crippen LogP contribution in [0.15, 0.2) is 0 Å². The zero-order chi connectivity index (χ0) is 19.0. The molecular weight excluding hydrogens is 328 g/mol. The van der Waals surface area contributed by atoms with Gasteiger partial charge in [0.1, 0.15) is 18.3 Å². The highest BCUT2D eigenvalue weighted by Gasteiger charge is 2.62. The quantitative estimate of drug-likeness (QED) is 0.716. The maximum atomic E-state index is 12.4. The third-order valence-electron chi connectivity index (χ3n) is 3.95. The Balaban J connectivity index is 0.00000109. The van der Waals surface area contributed by atoms with Crippen LogP contribution < -0.4 is 0 Å². The second-order valence-electron chi connectivity index (χ2n) is 7.61. The van der Waals surface area contributed by atoms with Crippen molar-refractivity contribution < 1.29 is 33.2 Å². The first-order chi connectivity index (χ1) is 11.6. The van der Waals surface area contributed by atoms with E-state index in [1.165, 1.54) is 0 Å². The molecule has 5 unspecified atom stereocenters. The number of hydrogen-bond acceptors (Lipinski definition) is 7. The van der Waals surface area contributed by atoms with Gasteiger partial charge in [0, 0.05) is 0 Å². The van der Waals surface area contributed by atoms with E-state index < -0.39 is 48.2 Å². The summed E-state index contributed by atoms with van der Waals surface area (Å²) in [7, 11) is 0. The van der Waals surface area contributed by atoms with Gasteiger partial charge in [0.2, 0.25) is 0 Å². The fraction of sp³-hybridized carbons (Fsp3) is 0.944. The van der Waals surface area contributed by atoms with Gasteiger partial charge in [-0.2, -0.15) is 0 Å². The molecule has 3 saturated heterocycles. The number of esters is 1. The SMILES string of the molecule is CC.CC(C)COC(=O)C1OC2OC(C)(C)OC2C2OC(C)(C)OC12. The van der Waals surface area contributed by atoms with Crippen LogP contribution in [0.25, 0.3) is 0 Å². The van der Waals surface area contributed by atoms with E-state index in [4.69, 9.17) is 28.4 Å². The number of hydrogen-bond donors (Lipinski definition) is 0. The standard InChI is InChI=1S/C16H26O7.C2H6/c1-8(2)7-18-13(17)11-9-10(21-15(3,4)20-9)12-14(19-11)23-16(5,6)22-12;1-2/h8-12,14H,7H2,1-6H3;1-2H3. The van der Waals surface area contributed by atoms with E-state index in [-0.39, 0.29) is 5.92 Å². The summed E-state index contributed by atoms with van der Waals surface area (Å²) in [6, 6.07) is 0. The third kappa shape index (κ3) is 4.52. The molecule has 3 rings (SSSR count). The topological polar surface area (TPSA) is 72.5 Å². The Kier molecular flexibility index (Phi) is 6.16. The molecule has 0 N–H and O–H groups in total. The molecule has 0 saturated carbocycles. The molecule has 0 aromatic rings. The van der Waals surface area contributed by atoms with E-state index in [1.54, 1.807) is 27.7 Å². The normalized spacial score (nSPS) is 37.7. The summed E-state index contributed by atoms with van der Waals surface area (Å²) in [5, 5.41) is 0. The van der Waals surface area contributed by atoms with Crippen molar-refractivity contribution in [3.05, 3.63) is 0 Å². The van der Waals surface area contributed by atoms with E-state index in [9.17, 15) is 4.79 Å². The Hall–Kier alpha value is -0.730. The molecular formula is C18H32O7. The molecule has 0 aromatic heterocycles. The molecule has 25 heavy (non-hydrogen) atoms. The van der Waals surface area contributed by atoms with Crippen molar-refractivity contribution in [2.75, 3.05) is 6.61 Å². The molecule has 0 aromatic carbocycles. The van der Waals surface area contributed by atoms with E-state index in [0.29, 0.717) is 6.61 Å². The zero-order valence-electron chi connectivity index (χ0n) is 16.5. The summed E-state index contributed by atoms with van der Waals surface area (Å²) in [5.74, 6) is -1.83. The van der Waals surface area contributed by atoms with Crippen LogP contribution >= 0.6 is 0 Å². The monoisotopic (exact) mass is 360 g/mol. The summed E-state index contributed by atoms with van der Waals surface area (Å²) in [6.45, 7) is 15.5. The molecule has 0 radical (unpaired) electrons. The molecule has 7 heteroatoms. The zero-order valence-corrected chi connectivity index (χ0v) is 16.5. The lowest BCUT2D eigenvalue weighted by molar-refractivity contribution is -0.239. The van der Waals surface area contributed by atoms with E-state index in [2.05, 4.69) is 0 Å². The molecule has 146 valence electrons. The van der Waals surface area contributed by atoms with Gasteiger partial charge < -0.3 is 28.4 Å². The highest BCUT2D eigenvalue weighted by atomic mass is 16.9. The van der Waals surface area contributed by atoms with Crippen molar-refractivity contribution in [3.63, 3.8) is 0 Å². The van der Waals surface area contributed by atoms with Crippen LogP contribution in [0.2, 0.25) is 0 Å². The lowest BCUT2D eigenvalue weighted by Crippen LogP contribution is -2.57. The maximum absolute atomic E-state index is 12.4. The number of carbonyl (C=O) groups excluding carboxylic acids is 1.